The minimum Gasteiger partial charge on any atom is -0.187 e. The molecule has 0 aliphatic carbocycles. The molecule has 0 N–H and O–H groups in total. The summed E-state index contributed by atoms with van der Waals surface area (Å²) >= 11 is 0. The lowest BCUT2D eigenvalue weighted by Crippen LogP contribution is -2.40. The van der Waals surface area contributed by atoms with Crippen LogP contribution in [0.4, 0.5) is 22.7 Å². The third kappa shape index (κ3) is 9.84. The summed E-state index contributed by atoms with van der Waals surface area (Å²) < 4.78 is 0. The Morgan fingerprint density at radius 1 is 0.352 bits per heavy atom. The van der Waals surface area contributed by atoms with Crippen molar-refractivity contribution >= 4 is 34.8 Å². The second kappa shape index (κ2) is 20.4. The van der Waals surface area contributed by atoms with Gasteiger partial charge in [0.2, 0.25) is 0 Å². The summed E-state index contributed by atoms with van der Waals surface area (Å²) in [6, 6.07) is 33.0. The molecule has 0 heterocycles. The number of para-hydroxylation sites is 4. The van der Waals surface area contributed by atoms with Gasteiger partial charge in [0.15, 0.2) is 0 Å². The number of nitrogens with zero attached hydrogens (tertiary/aromatic N) is 4. The SMILES string of the molecule is CCCc1cccc(CCC)c1N=C=Nc1c(CCC)cccc1C(C)(C)C(C)(C)c1cccc(CCC)c1N=C=Nc1c(CCC)cccc1CCC. The van der Waals surface area contributed by atoms with Gasteiger partial charge in [-0.2, -0.15) is 20.0 Å². The molecule has 0 radical (unpaired) electrons. The maximum Gasteiger partial charge on any atom is 0.101 e. The highest BCUT2D eigenvalue weighted by atomic mass is 14.8. The second-order valence-electron chi connectivity index (χ2n) is 15.9. The Bertz CT molecular complexity index is 1770. The van der Waals surface area contributed by atoms with Gasteiger partial charge in [0.1, 0.15) is 12.0 Å². The zero-order chi connectivity index (χ0) is 39.1. The predicted molar refractivity (Wildman–Crippen MR) is 234 cm³/mol. The normalized spacial score (nSPS) is 11.5. The van der Waals surface area contributed by atoms with Crippen LogP contribution < -0.4 is 0 Å². The fourth-order valence-electron chi connectivity index (χ4n) is 7.78. The summed E-state index contributed by atoms with van der Waals surface area (Å²) in [5.74, 6) is 0. The van der Waals surface area contributed by atoms with E-state index < -0.39 is 0 Å². The van der Waals surface area contributed by atoms with Crippen molar-refractivity contribution in [1.29, 1.82) is 0 Å². The standard InChI is InChI=1S/C50H66N4/c1-11-21-37-27-17-28-38(22-12-2)45(37)51-35-53-47-41(25-15-5)31-19-33-43(47)49(7,8)50(9,10)44-34-20-32-42(26-16-6)48(44)54-36-52-46-39(23-13-3)29-18-30-40(46)24-14-4/h17-20,27-34H,11-16,21-26H2,1-10H3. The van der Waals surface area contributed by atoms with E-state index in [9.17, 15) is 0 Å². The number of aryl methyl sites for hydroxylation is 6. The summed E-state index contributed by atoms with van der Waals surface area (Å²) in [5, 5.41) is 0. The third-order valence-corrected chi connectivity index (χ3v) is 11.3. The summed E-state index contributed by atoms with van der Waals surface area (Å²) in [6.07, 6.45) is 12.2. The van der Waals surface area contributed by atoms with Crippen LogP contribution in [0, 0.1) is 0 Å². The van der Waals surface area contributed by atoms with E-state index in [1.807, 2.05) is 0 Å². The first-order chi connectivity index (χ1) is 26.1. The largest absolute Gasteiger partial charge is 0.187 e. The molecule has 0 atom stereocenters. The third-order valence-electron chi connectivity index (χ3n) is 11.3. The zero-order valence-corrected chi connectivity index (χ0v) is 35.2. The molecule has 4 aromatic carbocycles. The molecule has 0 fully saturated rings. The molecule has 4 heteroatoms. The van der Waals surface area contributed by atoms with Crippen molar-refractivity contribution < 1.29 is 0 Å². The molecule has 0 aliphatic rings. The number of rotatable bonds is 19. The first kappa shape index (κ1) is 42.4. The van der Waals surface area contributed by atoms with Crippen LogP contribution in [-0.4, -0.2) is 12.0 Å². The molecule has 0 bridgehead atoms. The smallest absolute Gasteiger partial charge is 0.101 e. The van der Waals surface area contributed by atoms with Crippen LogP contribution >= 0.6 is 0 Å². The fourth-order valence-corrected chi connectivity index (χ4v) is 7.78. The minimum absolute atomic E-state index is 0.348. The Labute approximate surface area is 328 Å². The highest BCUT2D eigenvalue weighted by Crippen LogP contribution is 2.50. The highest BCUT2D eigenvalue weighted by Gasteiger charge is 2.43. The van der Waals surface area contributed by atoms with Gasteiger partial charge in [-0.25, -0.2) is 0 Å². The Morgan fingerprint density at radius 2 is 0.574 bits per heavy atom. The maximum absolute atomic E-state index is 5.13. The summed E-state index contributed by atoms with van der Waals surface area (Å²) in [5.41, 5.74) is 13.3. The molecule has 0 aromatic heterocycles. The Kier molecular flexibility index (Phi) is 16.0. The predicted octanol–water partition coefficient (Wildman–Crippen LogP) is 14.9. The summed E-state index contributed by atoms with van der Waals surface area (Å²) in [4.78, 5) is 20.2. The van der Waals surface area contributed by atoms with Crippen LogP contribution in [0.3, 0.4) is 0 Å². The van der Waals surface area contributed by atoms with Gasteiger partial charge < -0.3 is 0 Å². The van der Waals surface area contributed by atoms with Crippen LogP contribution in [0.15, 0.2) is 92.8 Å². The lowest BCUT2D eigenvalue weighted by molar-refractivity contribution is 0.304. The van der Waals surface area contributed by atoms with Crippen LogP contribution in [0.25, 0.3) is 0 Å². The van der Waals surface area contributed by atoms with Crippen molar-refractivity contribution in [3.8, 4) is 0 Å². The summed E-state index contributed by atoms with van der Waals surface area (Å²) in [6.45, 7) is 22.8. The van der Waals surface area contributed by atoms with E-state index in [-0.39, 0.29) is 10.8 Å². The molecule has 0 saturated carbocycles. The minimum atomic E-state index is -0.348. The van der Waals surface area contributed by atoms with E-state index in [0.29, 0.717) is 0 Å². The molecule has 0 unspecified atom stereocenters. The molecule has 4 aromatic rings. The monoisotopic (exact) mass is 723 g/mol. The van der Waals surface area contributed by atoms with Crippen molar-refractivity contribution in [3.05, 3.63) is 117 Å². The Hall–Kier alpha value is -4.36. The van der Waals surface area contributed by atoms with E-state index in [1.165, 1.54) is 44.5 Å². The van der Waals surface area contributed by atoms with Crippen LogP contribution in [0.5, 0.6) is 0 Å². The maximum atomic E-state index is 5.13. The molecule has 4 rings (SSSR count). The quantitative estimate of drug-likeness (QED) is 0.0865. The van der Waals surface area contributed by atoms with Gasteiger partial charge in [0, 0.05) is 10.8 Å². The van der Waals surface area contributed by atoms with Gasteiger partial charge >= 0.3 is 0 Å². The van der Waals surface area contributed by atoms with Crippen LogP contribution in [0.1, 0.15) is 152 Å². The fraction of sp³-hybridized carbons (Fsp3) is 0.480. The van der Waals surface area contributed by atoms with Crippen molar-refractivity contribution in [2.24, 2.45) is 20.0 Å². The van der Waals surface area contributed by atoms with Gasteiger partial charge in [0.25, 0.3) is 0 Å². The zero-order valence-electron chi connectivity index (χ0n) is 35.2. The molecule has 286 valence electrons. The Morgan fingerprint density at radius 3 is 0.833 bits per heavy atom. The number of benzene rings is 4. The lowest BCUT2D eigenvalue weighted by atomic mass is 9.60. The topological polar surface area (TPSA) is 49.4 Å². The van der Waals surface area contributed by atoms with Crippen molar-refractivity contribution in [3.63, 3.8) is 0 Å². The summed E-state index contributed by atoms with van der Waals surface area (Å²) in [7, 11) is 0. The number of hydrogen-bond donors (Lipinski definition) is 0. The van der Waals surface area contributed by atoms with E-state index >= 15 is 0 Å². The van der Waals surface area contributed by atoms with Crippen molar-refractivity contribution in [1.82, 2.24) is 0 Å². The van der Waals surface area contributed by atoms with E-state index in [0.717, 1.165) is 99.8 Å². The first-order valence-corrected chi connectivity index (χ1v) is 20.9. The first-order valence-electron chi connectivity index (χ1n) is 20.9. The molecule has 0 spiro atoms. The average molecular weight is 723 g/mol. The Balaban J connectivity index is 1.90. The van der Waals surface area contributed by atoms with Crippen LogP contribution in [-0.2, 0) is 49.4 Å². The van der Waals surface area contributed by atoms with Gasteiger partial charge in [-0.3, -0.25) is 0 Å². The molecule has 54 heavy (non-hydrogen) atoms. The number of hydrogen-bond acceptors (Lipinski definition) is 4. The lowest BCUT2D eigenvalue weighted by Gasteiger charge is -2.44. The van der Waals surface area contributed by atoms with Crippen molar-refractivity contribution in [2.45, 2.75) is 157 Å². The molecular weight excluding hydrogens is 657 g/mol. The second-order valence-corrected chi connectivity index (χ2v) is 15.9. The molecule has 0 amide bonds. The molecule has 4 nitrogen and oxygen atoms in total. The van der Waals surface area contributed by atoms with Gasteiger partial charge in [0.05, 0.1) is 22.7 Å². The van der Waals surface area contributed by atoms with Crippen LogP contribution in [0.2, 0.25) is 0 Å². The van der Waals surface area contributed by atoms with Crippen molar-refractivity contribution in [2.75, 3.05) is 0 Å². The average Bonchev–Trinajstić information content (AvgIpc) is 3.15. The molecule has 0 aliphatic heterocycles. The van der Waals surface area contributed by atoms with E-state index in [1.54, 1.807) is 0 Å². The van der Waals surface area contributed by atoms with Gasteiger partial charge in [-0.15, -0.1) is 0 Å². The molecular formula is C50H66N4. The van der Waals surface area contributed by atoms with E-state index in [2.05, 4.69) is 154 Å². The number of aliphatic imine (C=N–C) groups is 4. The van der Waals surface area contributed by atoms with Gasteiger partial charge in [-0.05, 0) is 83.0 Å². The van der Waals surface area contributed by atoms with E-state index in [4.69, 9.17) is 20.0 Å². The molecule has 0 saturated heterocycles. The van der Waals surface area contributed by atoms with Gasteiger partial charge in [-0.1, -0.05) is 181 Å². The highest BCUT2D eigenvalue weighted by molar-refractivity contribution is 5.70.